The zero-order valence-electron chi connectivity index (χ0n) is 16.8. The summed E-state index contributed by atoms with van der Waals surface area (Å²) >= 11 is 0. The minimum absolute atomic E-state index is 0.151. The molecule has 0 spiro atoms. The summed E-state index contributed by atoms with van der Waals surface area (Å²) in [6.07, 6.45) is 1.00. The predicted octanol–water partition coefficient (Wildman–Crippen LogP) is 3.30. The summed E-state index contributed by atoms with van der Waals surface area (Å²) in [4.78, 5) is 22.6. The molecule has 2 heterocycles. The Kier molecular flexibility index (Phi) is 5.96. The average molecular weight is 458 g/mol. The first-order valence-corrected chi connectivity index (χ1v) is 8.95. The molecule has 0 saturated heterocycles. The van der Waals surface area contributed by atoms with Crippen molar-refractivity contribution in [3.8, 4) is 0 Å². The molecular weight excluding hydrogens is 443 g/mol. The fourth-order valence-corrected chi connectivity index (χ4v) is 3.06. The van der Waals surface area contributed by atoms with Crippen LogP contribution < -0.4 is 5.32 Å². The van der Waals surface area contributed by atoms with Crippen LogP contribution >= 0.6 is 0 Å². The second-order valence-electron chi connectivity index (χ2n) is 6.83. The van der Waals surface area contributed by atoms with E-state index in [1.807, 2.05) is 0 Å². The van der Waals surface area contributed by atoms with E-state index in [-0.39, 0.29) is 35.0 Å². The van der Waals surface area contributed by atoms with Crippen LogP contribution in [-0.2, 0) is 17.9 Å². The lowest BCUT2D eigenvalue weighted by molar-refractivity contribution is -0.385. The zero-order chi connectivity index (χ0) is 23.9. The normalized spacial score (nSPS) is 11.1. The second kappa shape index (κ2) is 8.36. The number of nitro groups is 1. The largest absolute Gasteiger partial charge is 0.321 e. The van der Waals surface area contributed by atoms with Gasteiger partial charge in [0.2, 0.25) is 11.7 Å². The fourth-order valence-electron chi connectivity index (χ4n) is 3.06. The number of nitrogens with one attached hydrogen (secondary N) is 1. The summed E-state index contributed by atoms with van der Waals surface area (Å²) in [7, 11) is 0. The Morgan fingerprint density at radius 2 is 1.56 bits per heavy atom. The van der Waals surface area contributed by atoms with Crippen LogP contribution in [0.5, 0.6) is 0 Å². The van der Waals surface area contributed by atoms with E-state index >= 15 is 0 Å². The molecule has 0 aliphatic carbocycles. The van der Waals surface area contributed by atoms with Crippen LogP contribution in [0.25, 0.3) is 0 Å². The third-order valence-corrected chi connectivity index (χ3v) is 4.82. The average Bonchev–Trinajstić information content (AvgIpc) is 3.22. The highest BCUT2D eigenvalue weighted by Gasteiger charge is 2.27. The number of carbonyl (C=O) groups is 1. The molecule has 14 heteroatoms. The number of nitrogens with zero attached hydrogens (tertiary/aromatic N) is 5. The van der Waals surface area contributed by atoms with Crippen molar-refractivity contribution in [1.29, 1.82) is 0 Å². The van der Waals surface area contributed by atoms with Crippen LogP contribution in [0.4, 0.5) is 33.3 Å². The number of halogens is 5. The van der Waals surface area contributed by atoms with Gasteiger partial charge in [0.05, 0.1) is 34.1 Å². The molecular formula is C18H15F5N6O3. The monoisotopic (exact) mass is 458 g/mol. The molecule has 3 aromatic rings. The third-order valence-electron chi connectivity index (χ3n) is 4.82. The lowest BCUT2D eigenvalue weighted by Gasteiger charge is -2.10. The standard InChI is InChI=1S/C18H15F5N6O3/c1-7-18(25-12(30)6-27-8(2)11(4-24-27)29(31)32)9(3)28(26-7)5-10-13(19)15(21)17(23)16(22)14(10)20/h4H,5-6H2,1-3H3,(H,25,30). The summed E-state index contributed by atoms with van der Waals surface area (Å²) in [5, 5.41) is 21.2. The first-order chi connectivity index (χ1) is 14.9. The van der Waals surface area contributed by atoms with Gasteiger partial charge in [-0.05, 0) is 20.8 Å². The van der Waals surface area contributed by atoms with Gasteiger partial charge in [-0.2, -0.15) is 10.2 Å². The molecule has 0 bridgehead atoms. The maximum absolute atomic E-state index is 14.0. The molecule has 0 atom stereocenters. The lowest BCUT2D eigenvalue weighted by atomic mass is 10.1. The van der Waals surface area contributed by atoms with Gasteiger partial charge in [0.15, 0.2) is 23.3 Å². The molecule has 170 valence electrons. The van der Waals surface area contributed by atoms with E-state index in [0.717, 1.165) is 15.6 Å². The lowest BCUT2D eigenvalue weighted by Crippen LogP contribution is -2.21. The molecule has 1 amide bonds. The van der Waals surface area contributed by atoms with Crippen LogP contribution in [0.15, 0.2) is 6.20 Å². The van der Waals surface area contributed by atoms with Crippen molar-refractivity contribution in [2.45, 2.75) is 33.9 Å². The molecule has 1 N–H and O–H groups in total. The number of anilines is 1. The van der Waals surface area contributed by atoms with E-state index in [1.165, 1.54) is 20.8 Å². The van der Waals surface area contributed by atoms with Crippen LogP contribution in [0.1, 0.15) is 22.6 Å². The molecule has 3 rings (SSSR count). The van der Waals surface area contributed by atoms with Crippen molar-refractivity contribution in [1.82, 2.24) is 19.6 Å². The van der Waals surface area contributed by atoms with Gasteiger partial charge in [-0.1, -0.05) is 0 Å². The van der Waals surface area contributed by atoms with Crippen LogP contribution in [-0.4, -0.2) is 30.4 Å². The molecule has 0 fully saturated rings. The van der Waals surface area contributed by atoms with E-state index in [1.54, 1.807) is 0 Å². The van der Waals surface area contributed by atoms with Gasteiger partial charge in [0, 0.05) is 0 Å². The Labute approximate surface area is 176 Å². The van der Waals surface area contributed by atoms with Crippen molar-refractivity contribution in [2.24, 2.45) is 0 Å². The molecule has 0 unspecified atom stereocenters. The predicted molar refractivity (Wildman–Crippen MR) is 99.3 cm³/mol. The molecule has 32 heavy (non-hydrogen) atoms. The van der Waals surface area contributed by atoms with Crippen molar-refractivity contribution < 1.29 is 31.7 Å². The van der Waals surface area contributed by atoms with E-state index in [9.17, 15) is 36.9 Å². The number of aryl methyl sites for hydroxylation is 1. The fraction of sp³-hybridized carbons (Fsp3) is 0.278. The van der Waals surface area contributed by atoms with Crippen molar-refractivity contribution >= 4 is 17.3 Å². The third kappa shape index (κ3) is 3.90. The number of amides is 1. The number of aromatic nitrogens is 4. The van der Waals surface area contributed by atoms with Crippen LogP contribution in [0.3, 0.4) is 0 Å². The van der Waals surface area contributed by atoms with E-state index in [0.29, 0.717) is 0 Å². The van der Waals surface area contributed by atoms with E-state index < -0.39 is 52.0 Å². The topological polar surface area (TPSA) is 108 Å². The zero-order valence-corrected chi connectivity index (χ0v) is 16.8. The summed E-state index contributed by atoms with van der Waals surface area (Å²) in [6, 6.07) is 0. The maximum Gasteiger partial charge on any atom is 0.309 e. The Morgan fingerprint density at radius 3 is 2.09 bits per heavy atom. The smallest absolute Gasteiger partial charge is 0.309 e. The van der Waals surface area contributed by atoms with Crippen LogP contribution in [0, 0.1) is 60.0 Å². The minimum Gasteiger partial charge on any atom is -0.321 e. The first kappa shape index (κ1) is 22.8. The molecule has 0 aliphatic rings. The van der Waals surface area contributed by atoms with Crippen LogP contribution in [0.2, 0.25) is 0 Å². The Hall–Kier alpha value is -3.84. The summed E-state index contributed by atoms with van der Waals surface area (Å²) < 4.78 is 70.2. The summed E-state index contributed by atoms with van der Waals surface area (Å²) in [6.45, 7) is 3.14. The van der Waals surface area contributed by atoms with Crippen molar-refractivity contribution in [3.05, 3.63) is 68.0 Å². The van der Waals surface area contributed by atoms with E-state index in [2.05, 4.69) is 15.5 Å². The molecule has 0 saturated carbocycles. The molecule has 1 aromatic carbocycles. The highest BCUT2D eigenvalue weighted by atomic mass is 19.2. The highest BCUT2D eigenvalue weighted by molar-refractivity contribution is 5.91. The minimum atomic E-state index is -2.26. The maximum atomic E-state index is 14.0. The summed E-state index contributed by atoms with van der Waals surface area (Å²) in [5.74, 6) is -11.0. The number of carbonyl (C=O) groups excluding carboxylic acids is 1. The quantitative estimate of drug-likeness (QED) is 0.201. The number of rotatable bonds is 6. The van der Waals surface area contributed by atoms with Crippen molar-refractivity contribution in [3.63, 3.8) is 0 Å². The summed E-state index contributed by atoms with van der Waals surface area (Å²) in [5.41, 5.74) is -0.644. The Bertz CT molecular complexity index is 1220. The van der Waals surface area contributed by atoms with Gasteiger partial charge in [-0.15, -0.1) is 0 Å². The van der Waals surface area contributed by atoms with Gasteiger partial charge in [-0.3, -0.25) is 24.3 Å². The van der Waals surface area contributed by atoms with Gasteiger partial charge in [0.25, 0.3) is 0 Å². The molecule has 0 aliphatic heterocycles. The van der Waals surface area contributed by atoms with Crippen molar-refractivity contribution in [2.75, 3.05) is 5.32 Å². The molecule has 2 aromatic heterocycles. The number of hydrogen-bond acceptors (Lipinski definition) is 5. The Morgan fingerprint density at radius 1 is 1.00 bits per heavy atom. The van der Waals surface area contributed by atoms with Gasteiger partial charge < -0.3 is 5.32 Å². The number of benzene rings is 1. The van der Waals surface area contributed by atoms with E-state index in [4.69, 9.17) is 0 Å². The van der Waals surface area contributed by atoms with Gasteiger partial charge in [0.1, 0.15) is 18.4 Å². The van der Waals surface area contributed by atoms with Gasteiger partial charge in [-0.25, -0.2) is 22.0 Å². The second-order valence-corrected chi connectivity index (χ2v) is 6.83. The van der Waals surface area contributed by atoms with Gasteiger partial charge >= 0.3 is 5.69 Å². The highest BCUT2D eigenvalue weighted by Crippen LogP contribution is 2.26. The first-order valence-electron chi connectivity index (χ1n) is 8.95. The molecule has 9 nitrogen and oxygen atoms in total. The SMILES string of the molecule is Cc1nn(Cc2c(F)c(F)c(F)c(F)c2F)c(C)c1NC(=O)Cn1ncc([N+](=O)[O-])c1C. The number of hydrogen-bond donors (Lipinski definition) is 1. The molecule has 0 radical (unpaired) electrons. The Balaban J connectivity index is 1.85.